The summed E-state index contributed by atoms with van der Waals surface area (Å²) in [6, 6.07) is 12.4. The van der Waals surface area contributed by atoms with Crippen molar-refractivity contribution < 1.29 is 9.59 Å². The average Bonchev–Trinajstić information content (AvgIpc) is 2.42. The number of amides is 2. The Morgan fingerprint density at radius 1 is 1.10 bits per heavy atom. The van der Waals surface area contributed by atoms with Crippen LogP contribution >= 0.6 is 0 Å². The summed E-state index contributed by atoms with van der Waals surface area (Å²) in [5.74, 6) is -0.507. The van der Waals surface area contributed by atoms with Crippen molar-refractivity contribution in [2.24, 2.45) is 0 Å². The minimum Gasteiger partial charge on any atom is -0.399 e. The van der Waals surface area contributed by atoms with Crippen LogP contribution < -0.4 is 10.6 Å². The smallest absolute Gasteiger partial charge is 0.265 e. The highest BCUT2D eigenvalue weighted by atomic mass is 16.2. The Bertz CT molecular complexity index is 722. The van der Waals surface area contributed by atoms with Crippen LogP contribution in [0.4, 0.5) is 11.4 Å². The van der Waals surface area contributed by atoms with Gasteiger partial charge in [0.25, 0.3) is 5.91 Å². The molecule has 0 bridgehead atoms. The van der Waals surface area contributed by atoms with Crippen molar-refractivity contribution in [3.05, 3.63) is 59.2 Å². The second-order valence-electron chi connectivity index (χ2n) is 4.91. The third kappa shape index (κ3) is 1.86. The number of nitrogen functional groups attached to an aromatic ring is 1. The van der Waals surface area contributed by atoms with Gasteiger partial charge in [-0.1, -0.05) is 24.3 Å². The maximum atomic E-state index is 12.6. The SMILES string of the molecule is Cc1ccc(N)cc1N1C(=O)Cc2ccccc2C1=O. The summed E-state index contributed by atoms with van der Waals surface area (Å²) in [5, 5.41) is 0. The molecule has 2 amide bonds. The fourth-order valence-electron chi connectivity index (χ4n) is 2.47. The number of carbonyl (C=O) groups excluding carboxylic acids is 2. The number of aryl methyl sites for hydroxylation is 1. The standard InChI is InChI=1S/C16H14N2O2/c1-10-6-7-12(17)9-14(10)18-15(19)8-11-4-2-3-5-13(11)16(18)20/h2-7,9H,8,17H2,1H3. The van der Waals surface area contributed by atoms with Gasteiger partial charge in [-0.05, 0) is 36.2 Å². The molecule has 3 rings (SSSR count). The number of hydrogen-bond donors (Lipinski definition) is 1. The van der Waals surface area contributed by atoms with Crippen LogP contribution in [0.2, 0.25) is 0 Å². The molecule has 4 nitrogen and oxygen atoms in total. The van der Waals surface area contributed by atoms with Crippen molar-refractivity contribution in [3.63, 3.8) is 0 Å². The summed E-state index contributed by atoms with van der Waals surface area (Å²) < 4.78 is 0. The fourth-order valence-corrected chi connectivity index (χ4v) is 2.47. The van der Waals surface area contributed by atoms with Gasteiger partial charge in [-0.3, -0.25) is 9.59 Å². The predicted molar refractivity (Wildman–Crippen MR) is 77.6 cm³/mol. The van der Waals surface area contributed by atoms with E-state index in [0.717, 1.165) is 11.1 Å². The van der Waals surface area contributed by atoms with Crippen LogP contribution in [0.3, 0.4) is 0 Å². The third-order valence-electron chi connectivity index (χ3n) is 3.52. The lowest BCUT2D eigenvalue weighted by molar-refractivity contribution is -0.117. The fraction of sp³-hybridized carbons (Fsp3) is 0.125. The van der Waals surface area contributed by atoms with Crippen molar-refractivity contribution in [2.75, 3.05) is 10.6 Å². The Morgan fingerprint density at radius 2 is 1.85 bits per heavy atom. The number of fused-ring (bicyclic) bond motifs is 1. The van der Waals surface area contributed by atoms with Crippen LogP contribution in [0.1, 0.15) is 21.5 Å². The summed E-state index contributed by atoms with van der Waals surface area (Å²) in [5.41, 5.74) is 9.07. The van der Waals surface area contributed by atoms with Crippen molar-refractivity contribution in [1.29, 1.82) is 0 Å². The summed E-state index contributed by atoms with van der Waals surface area (Å²) in [7, 11) is 0. The molecule has 20 heavy (non-hydrogen) atoms. The van der Waals surface area contributed by atoms with E-state index in [2.05, 4.69) is 0 Å². The summed E-state index contributed by atoms with van der Waals surface area (Å²) in [4.78, 5) is 26.1. The molecule has 0 aromatic heterocycles. The molecule has 1 aliphatic heterocycles. The molecule has 0 unspecified atom stereocenters. The minimum atomic E-state index is -0.287. The molecule has 0 aliphatic carbocycles. The van der Waals surface area contributed by atoms with Gasteiger partial charge in [0.2, 0.25) is 5.91 Å². The van der Waals surface area contributed by atoms with Crippen LogP contribution in [0, 0.1) is 6.92 Å². The average molecular weight is 266 g/mol. The molecule has 4 heteroatoms. The molecule has 2 aromatic carbocycles. The van der Waals surface area contributed by atoms with Gasteiger partial charge in [-0.2, -0.15) is 0 Å². The van der Waals surface area contributed by atoms with Crippen molar-refractivity contribution in [3.8, 4) is 0 Å². The second kappa shape index (κ2) is 4.49. The first-order chi connectivity index (χ1) is 9.58. The molecule has 1 heterocycles. The number of imide groups is 1. The van der Waals surface area contributed by atoms with Gasteiger partial charge in [-0.25, -0.2) is 4.90 Å². The molecule has 1 aliphatic rings. The van der Waals surface area contributed by atoms with Crippen LogP contribution in [-0.2, 0) is 11.2 Å². The Hall–Kier alpha value is -2.62. The van der Waals surface area contributed by atoms with E-state index in [1.807, 2.05) is 25.1 Å². The molecule has 2 N–H and O–H groups in total. The second-order valence-corrected chi connectivity index (χ2v) is 4.91. The lowest BCUT2D eigenvalue weighted by Gasteiger charge is -2.28. The van der Waals surface area contributed by atoms with Gasteiger partial charge in [-0.15, -0.1) is 0 Å². The molecule has 100 valence electrons. The van der Waals surface area contributed by atoms with Crippen molar-refractivity contribution in [2.45, 2.75) is 13.3 Å². The number of rotatable bonds is 1. The maximum absolute atomic E-state index is 12.6. The molecular formula is C16H14N2O2. The maximum Gasteiger partial charge on any atom is 0.265 e. The predicted octanol–water partition coefficient (Wildman–Crippen LogP) is 2.31. The topological polar surface area (TPSA) is 63.4 Å². The zero-order chi connectivity index (χ0) is 14.3. The first-order valence-electron chi connectivity index (χ1n) is 6.39. The number of carbonyl (C=O) groups is 2. The molecule has 0 saturated carbocycles. The van der Waals surface area contributed by atoms with Crippen LogP contribution in [0.25, 0.3) is 0 Å². The lowest BCUT2D eigenvalue weighted by atomic mass is 9.97. The summed E-state index contributed by atoms with van der Waals surface area (Å²) in [6.07, 6.45) is 0.232. The van der Waals surface area contributed by atoms with Crippen LogP contribution in [0.15, 0.2) is 42.5 Å². The van der Waals surface area contributed by atoms with Gasteiger partial charge in [0.1, 0.15) is 0 Å². The van der Waals surface area contributed by atoms with E-state index in [4.69, 9.17) is 5.73 Å². The van der Waals surface area contributed by atoms with E-state index in [9.17, 15) is 9.59 Å². The van der Waals surface area contributed by atoms with Gasteiger partial charge in [0.05, 0.1) is 12.1 Å². The van der Waals surface area contributed by atoms with E-state index in [0.29, 0.717) is 16.9 Å². The number of benzene rings is 2. The normalized spacial score (nSPS) is 14.3. The Morgan fingerprint density at radius 3 is 2.65 bits per heavy atom. The van der Waals surface area contributed by atoms with E-state index < -0.39 is 0 Å². The molecule has 0 spiro atoms. The quantitative estimate of drug-likeness (QED) is 0.636. The van der Waals surface area contributed by atoms with Gasteiger partial charge in [0.15, 0.2) is 0 Å². The van der Waals surface area contributed by atoms with Gasteiger partial charge < -0.3 is 5.73 Å². The minimum absolute atomic E-state index is 0.220. The largest absolute Gasteiger partial charge is 0.399 e. The number of anilines is 2. The highest BCUT2D eigenvalue weighted by molar-refractivity contribution is 6.25. The highest BCUT2D eigenvalue weighted by Crippen LogP contribution is 2.29. The summed E-state index contributed by atoms with van der Waals surface area (Å²) in [6.45, 7) is 1.86. The first kappa shape index (κ1) is 12.4. The molecular weight excluding hydrogens is 252 g/mol. The van der Waals surface area contributed by atoms with Gasteiger partial charge in [0, 0.05) is 11.3 Å². The first-order valence-corrected chi connectivity index (χ1v) is 6.39. The Balaban J connectivity index is 2.14. The molecule has 0 saturated heterocycles. The van der Waals surface area contributed by atoms with Crippen LogP contribution in [0.5, 0.6) is 0 Å². The zero-order valence-corrected chi connectivity index (χ0v) is 11.1. The third-order valence-corrected chi connectivity index (χ3v) is 3.52. The van der Waals surface area contributed by atoms with Crippen molar-refractivity contribution in [1.82, 2.24) is 0 Å². The zero-order valence-electron chi connectivity index (χ0n) is 11.1. The molecule has 0 radical (unpaired) electrons. The Kier molecular flexibility index (Phi) is 2.79. The Labute approximate surface area is 116 Å². The lowest BCUT2D eigenvalue weighted by Crippen LogP contribution is -2.42. The number of nitrogens with zero attached hydrogens (tertiary/aromatic N) is 1. The van der Waals surface area contributed by atoms with Gasteiger partial charge >= 0.3 is 0 Å². The summed E-state index contributed by atoms with van der Waals surface area (Å²) >= 11 is 0. The number of nitrogens with two attached hydrogens (primary N) is 1. The van der Waals surface area contributed by atoms with Crippen LogP contribution in [-0.4, -0.2) is 11.8 Å². The number of hydrogen-bond acceptors (Lipinski definition) is 3. The molecule has 0 atom stereocenters. The van der Waals surface area contributed by atoms with E-state index in [-0.39, 0.29) is 18.2 Å². The van der Waals surface area contributed by atoms with Crippen molar-refractivity contribution >= 4 is 23.2 Å². The molecule has 0 fully saturated rings. The molecule has 2 aromatic rings. The van der Waals surface area contributed by atoms with E-state index in [1.165, 1.54) is 4.90 Å². The monoisotopic (exact) mass is 266 g/mol. The van der Waals surface area contributed by atoms with E-state index in [1.54, 1.807) is 24.3 Å². The highest BCUT2D eigenvalue weighted by Gasteiger charge is 2.32. The van der Waals surface area contributed by atoms with E-state index >= 15 is 0 Å².